The van der Waals surface area contributed by atoms with Crippen LogP contribution in [0.15, 0.2) is 60.7 Å². The van der Waals surface area contributed by atoms with Crippen LogP contribution in [0, 0.1) is 12.7 Å². The van der Waals surface area contributed by atoms with E-state index in [1.54, 1.807) is 24.3 Å². The standard InChI is InChI=1S/C20H15FN4OS/c1-13-12-17(22-18(26)11-10-14-6-3-2-4-7-14)25(24-13)20-23-19-15(21)8-5-9-16(19)27-20/h2-12H,1H3,(H,22,26)/b11-10+. The minimum Gasteiger partial charge on any atom is -0.307 e. The average Bonchev–Trinajstić information content (AvgIpc) is 3.25. The molecule has 0 aliphatic heterocycles. The fraction of sp³-hybridized carbons (Fsp3) is 0.0500. The van der Waals surface area contributed by atoms with Gasteiger partial charge < -0.3 is 5.32 Å². The van der Waals surface area contributed by atoms with Gasteiger partial charge in [0.2, 0.25) is 11.0 Å². The molecule has 0 aliphatic rings. The van der Waals surface area contributed by atoms with Crippen LogP contribution >= 0.6 is 11.3 Å². The summed E-state index contributed by atoms with van der Waals surface area (Å²) in [6, 6.07) is 16.1. The largest absolute Gasteiger partial charge is 0.307 e. The molecule has 0 radical (unpaired) electrons. The van der Waals surface area contributed by atoms with E-state index in [1.807, 2.05) is 37.3 Å². The number of aromatic nitrogens is 3. The predicted molar refractivity (Wildman–Crippen MR) is 106 cm³/mol. The molecule has 27 heavy (non-hydrogen) atoms. The third-order valence-corrected chi connectivity index (χ3v) is 4.85. The Bertz CT molecular complexity index is 1150. The lowest BCUT2D eigenvalue weighted by molar-refractivity contribution is -0.111. The first kappa shape index (κ1) is 17.1. The Kier molecular flexibility index (Phi) is 4.52. The van der Waals surface area contributed by atoms with E-state index < -0.39 is 0 Å². The Labute approximate surface area is 158 Å². The van der Waals surface area contributed by atoms with Crippen molar-refractivity contribution in [3.8, 4) is 5.13 Å². The van der Waals surface area contributed by atoms with Gasteiger partial charge in [-0.25, -0.2) is 9.37 Å². The van der Waals surface area contributed by atoms with Crippen molar-refractivity contribution >= 4 is 39.4 Å². The van der Waals surface area contributed by atoms with Crippen molar-refractivity contribution in [2.45, 2.75) is 6.92 Å². The maximum absolute atomic E-state index is 13.9. The third-order valence-electron chi connectivity index (χ3n) is 3.85. The van der Waals surface area contributed by atoms with Crippen molar-refractivity contribution < 1.29 is 9.18 Å². The molecule has 134 valence electrons. The number of anilines is 1. The molecule has 0 spiro atoms. The quantitative estimate of drug-likeness (QED) is 0.529. The van der Waals surface area contributed by atoms with Crippen molar-refractivity contribution in [3.63, 3.8) is 0 Å². The summed E-state index contributed by atoms with van der Waals surface area (Å²) in [5, 5.41) is 7.68. The zero-order chi connectivity index (χ0) is 18.8. The van der Waals surface area contributed by atoms with Gasteiger partial charge in [-0.3, -0.25) is 4.79 Å². The van der Waals surface area contributed by atoms with E-state index in [1.165, 1.54) is 28.2 Å². The number of fused-ring (bicyclic) bond motifs is 1. The molecule has 0 fully saturated rings. The Morgan fingerprint density at radius 1 is 1.19 bits per heavy atom. The lowest BCUT2D eigenvalue weighted by atomic mass is 10.2. The van der Waals surface area contributed by atoms with E-state index in [-0.39, 0.29) is 11.7 Å². The minimum atomic E-state index is -0.379. The van der Waals surface area contributed by atoms with Gasteiger partial charge in [-0.1, -0.05) is 47.7 Å². The maximum atomic E-state index is 13.9. The Hall–Kier alpha value is -3.32. The van der Waals surface area contributed by atoms with Gasteiger partial charge in [0.1, 0.15) is 17.2 Å². The van der Waals surface area contributed by atoms with Crippen LogP contribution in [0.4, 0.5) is 10.2 Å². The molecule has 1 amide bonds. The number of nitrogens with one attached hydrogen (secondary N) is 1. The topological polar surface area (TPSA) is 59.8 Å². The number of carbonyl (C=O) groups excluding carboxylic acids is 1. The molecule has 5 nitrogen and oxygen atoms in total. The number of amides is 1. The summed E-state index contributed by atoms with van der Waals surface area (Å²) in [7, 11) is 0. The molecule has 0 atom stereocenters. The molecule has 0 unspecified atom stereocenters. The van der Waals surface area contributed by atoms with Crippen LogP contribution in [-0.4, -0.2) is 20.7 Å². The normalized spacial score (nSPS) is 11.3. The number of hydrogen-bond donors (Lipinski definition) is 1. The number of aryl methyl sites for hydroxylation is 1. The molecule has 2 heterocycles. The molecule has 4 rings (SSSR count). The minimum absolute atomic E-state index is 0.285. The molecule has 2 aromatic heterocycles. The number of carbonyl (C=O) groups is 1. The highest BCUT2D eigenvalue weighted by atomic mass is 32.1. The van der Waals surface area contributed by atoms with Crippen LogP contribution in [0.1, 0.15) is 11.3 Å². The summed E-state index contributed by atoms with van der Waals surface area (Å²) in [5.74, 6) is -0.183. The number of nitrogens with zero attached hydrogens (tertiary/aromatic N) is 3. The van der Waals surface area contributed by atoms with Crippen molar-refractivity contribution in [3.05, 3.63) is 77.7 Å². The van der Waals surface area contributed by atoms with Gasteiger partial charge in [0.25, 0.3) is 0 Å². The second kappa shape index (κ2) is 7.13. The van der Waals surface area contributed by atoms with Crippen molar-refractivity contribution in [2.24, 2.45) is 0 Å². The van der Waals surface area contributed by atoms with Gasteiger partial charge in [0, 0.05) is 12.1 Å². The molecule has 4 aromatic rings. The van der Waals surface area contributed by atoms with E-state index >= 15 is 0 Å². The van der Waals surface area contributed by atoms with Crippen LogP contribution in [0.5, 0.6) is 0 Å². The molecular formula is C20H15FN4OS. The average molecular weight is 378 g/mol. The van der Waals surface area contributed by atoms with E-state index in [0.29, 0.717) is 16.5 Å². The van der Waals surface area contributed by atoms with Gasteiger partial charge in [-0.2, -0.15) is 9.78 Å². The van der Waals surface area contributed by atoms with Crippen molar-refractivity contribution in [1.29, 1.82) is 0 Å². The van der Waals surface area contributed by atoms with Crippen LogP contribution in [0.25, 0.3) is 21.4 Å². The summed E-state index contributed by atoms with van der Waals surface area (Å²) in [4.78, 5) is 16.6. The summed E-state index contributed by atoms with van der Waals surface area (Å²) in [6.45, 7) is 1.82. The summed E-state index contributed by atoms with van der Waals surface area (Å²) in [6.07, 6.45) is 3.19. The monoisotopic (exact) mass is 378 g/mol. The molecule has 1 N–H and O–H groups in total. The lowest BCUT2D eigenvalue weighted by Crippen LogP contribution is -2.12. The fourth-order valence-corrected chi connectivity index (χ4v) is 3.58. The number of benzene rings is 2. The third kappa shape index (κ3) is 3.63. The van der Waals surface area contributed by atoms with E-state index in [0.717, 1.165) is 16.0 Å². The first-order valence-corrected chi connectivity index (χ1v) is 9.08. The van der Waals surface area contributed by atoms with Crippen molar-refractivity contribution in [1.82, 2.24) is 14.8 Å². The Morgan fingerprint density at radius 3 is 2.78 bits per heavy atom. The van der Waals surface area contributed by atoms with Crippen LogP contribution in [0.2, 0.25) is 0 Å². The van der Waals surface area contributed by atoms with E-state index in [4.69, 9.17) is 0 Å². The van der Waals surface area contributed by atoms with Gasteiger partial charge in [0.15, 0.2) is 0 Å². The van der Waals surface area contributed by atoms with Gasteiger partial charge >= 0.3 is 0 Å². The summed E-state index contributed by atoms with van der Waals surface area (Å²) in [5.41, 5.74) is 1.95. The second-order valence-corrected chi connectivity index (χ2v) is 6.91. The van der Waals surface area contributed by atoms with Crippen molar-refractivity contribution in [2.75, 3.05) is 5.32 Å². The van der Waals surface area contributed by atoms with Crippen LogP contribution in [0.3, 0.4) is 0 Å². The van der Waals surface area contributed by atoms with E-state index in [9.17, 15) is 9.18 Å². The van der Waals surface area contributed by atoms with Crippen LogP contribution < -0.4 is 5.32 Å². The molecular weight excluding hydrogens is 363 g/mol. The fourth-order valence-electron chi connectivity index (χ4n) is 2.63. The molecule has 0 saturated heterocycles. The molecule has 0 bridgehead atoms. The molecule has 7 heteroatoms. The Balaban J connectivity index is 1.62. The predicted octanol–water partition coefficient (Wildman–Crippen LogP) is 4.58. The van der Waals surface area contributed by atoms with E-state index in [2.05, 4.69) is 15.4 Å². The number of para-hydroxylation sites is 1. The molecule has 0 aliphatic carbocycles. The van der Waals surface area contributed by atoms with Gasteiger partial charge in [0.05, 0.1) is 10.4 Å². The summed E-state index contributed by atoms with van der Waals surface area (Å²) >= 11 is 1.31. The highest BCUT2D eigenvalue weighted by Crippen LogP contribution is 2.28. The molecule has 0 saturated carbocycles. The highest BCUT2D eigenvalue weighted by molar-refractivity contribution is 7.20. The first-order chi connectivity index (χ1) is 13.1. The zero-order valence-corrected chi connectivity index (χ0v) is 15.2. The number of halogens is 1. The maximum Gasteiger partial charge on any atom is 0.249 e. The number of hydrogen-bond acceptors (Lipinski definition) is 4. The number of rotatable bonds is 4. The first-order valence-electron chi connectivity index (χ1n) is 8.26. The number of thiazole rings is 1. The van der Waals surface area contributed by atoms with Gasteiger partial charge in [-0.05, 0) is 30.7 Å². The highest BCUT2D eigenvalue weighted by Gasteiger charge is 2.15. The smallest absolute Gasteiger partial charge is 0.249 e. The Morgan fingerprint density at radius 2 is 2.00 bits per heavy atom. The lowest BCUT2D eigenvalue weighted by Gasteiger charge is -2.04. The van der Waals surface area contributed by atoms with Crippen LogP contribution in [-0.2, 0) is 4.79 Å². The zero-order valence-electron chi connectivity index (χ0n) is 14.4. The summed E-state index contributed by atoms with van der Waals surface area (Å²) < 4.78 is 16.2. The molecule has 2 aromatic carbocycles. The SMILES string of the molecule is Cc1cc(NC(=O)/C=C/c2ccccc2)n(-c2nc3c(F)cccc3s2)n1. The van der Waals surface area contributed by atoms with Gasteiger partial charge in [-0.15, -0.1) is 0 Å². The second-order valence-electron chi connectivity index (χ2n) is 5.90.